The number of methoxy groups -OCH3 is 1. The Morgan fingerprint density at radius 2 is 1.69 bits per heavy atom. The van der Waals surface area contributed by atoms with Crippen molar-refractivity contribution in [3.8, 4) is 11.5 Å². The molecule has 0 spiro atoms. The van der Waals surface area contributed by atoms with E-state index in [1.54, 1.807) is 12.1 Å². The number of halogens is 1. The third-order valence-corrected chi connectivity index (χ3v) is 4.70. The summed E-state index contributed by atoms with van der Waals surface area (Å²) in [6.45, 7) is -0.411. The van der Waals surface area contributed by atoms with E-state index in [-0.39, 0.29) is 17.3 Å². The normalized spacial score (nSPS) is 11.4. The van der Waals surface area contributed by atoms with Crippen molar-refractivity contribution >= 4 is 11.9 Å². The molecule has 2 N–H and O–H groups in total. The van der Waals surface area contributed by atoms with Crippen molar-refractivity contribution in [1.82, 2.24) is 10.3 Å². The van der Waals surface area contributed by atoms with Crippen molar-refractivity contribution in [2.75, 3.05) is 13.7 Å². The number of carbonyl (C=O) groups excluding carboxylic acids is 2. The smallest absolute Gasteiger partial charge is 0.325 e. The number of aromatic hydroxyl groups is 1. The number of hydrogen-bond donors (Lipinski definition) is 2. The molecule has 166 valence electrons. The molecule has 3 rings (SSSR count). The van der Waals surface area contributed by atoms with Crippen LogP contribution in [0.2, 0.25) is 0 Å². The quantitative estimate of drug-likeness (QED) is 0.499. The Morgan fingerprint density at radius 3 is 2.34 bits per heavy atom. The maximum absolute atomic E-state index is 13.2. The number of pyridine rings is 1. The first-order valence-electron chi connectivity index (χ1n) is 9.94. The summed E-state index contributed by atoms with van der Waals surface area (Å²) in [6, 6.07) is 16.9. The van der Waals surface area contributed by atoms with E-state index < -0.39 is 30.3 Å². The SMILES string of the molecule is COc1ccnc(C(=O)NCC(=O)OC(Cc2ccccc2)Cc2ccc(F)cc2)c1O. The minimum absolute atomic E-state index is 0.0925. The van der Waals surface area contributed by atoms with Gasteiger partial charge in [0.15, 0.2) is 17.2 Å². The second-order valence-electron chi connectivity index (χ2n) is 7.03. The molecule has 1 unspecified atom stereocenters. The van der Waals surface area contributed by atoms with Crippen LogP contribution in [0.3, 0.4) is 0 Å². The van der Waals surface area contributed by atoms with E-state index in [4.69, 9.17) is 9.47 Å². The Bertz CT molecular complexity index is 1060. The fraction of sp³-hybridized carbons (Fsp3) is 0.208. The lowest BCUT2D eigenvalue weighted by atomic mass is 10.0. The first kappa shape index (κ1) is 22.7. The first-order valence-corrected chi connectivity index (χ1v) is 9.94. The van der Waals surface area contributed by atoms with Crippen LogP contribution in [0.1, 0.15) is 21.6 Å². The molecule has 1 atom stereocenters. The average Bonchev–Trinajstić information content (AvgIpc) is 2.80. The van der Waals surface area contributed by atoms with E-state index in [1.807, 2.05) is 30.3 Å². The number of nitrogens with one attached hydrogen (secondary N) is 1. The third kappa shape index (κ3) is 6.28. The molecule has 0 radical (unpaired) electrons. The fourth-order valence-electron chi connectivity index (χ4n) is 3.15. The zero-order chi connectivity index (χ0) is 22.9. The second kappa shape index (κ2) is 10.9. The predicted molar refractivity (Wildman–Crippen MR) is 115 cm³/mol. The van der Waals surface area contributed by atoms with Crippen molar-refractivity contribution in [2.24, 2.45) is 0 Å². The molecule has 3 aromatic rings. The Hall–Kier alpha value is -3.94. The predicted octanol–water partition coefficient (Wildman–Crippen LogP) is 3.06. The van der Waals surface area contributed by atoms with E-state index in [0.29, 0.717) is 12.8 Å². The molecule has 0 bridgehead atoms. The molecule has 1 aromatic heterocycles. The van der Waals surface area contributed by atoms with Crippen molar-refractivity contribution in [1.29, 1.82) is 0 Å². The number of amides is 1. The van der Waals surface area contributed by atoms with Crippen LogP contribution in [-0.2, 0) is 22.4 Å². The largest absolute Gasteiger partial charge is 0.503 e. The summed E-state index contributed by atoms with van der Waals surface area (Å²) in [5.41, 5.74) is 1.53. The second-order valence-corrected chi connectivity index (χ2v) is 7.03. The van der Waals surface area contributed by atoms with Gasteiger partial charge >= 0.3 is 5.97 Å². The van der Waals surface area contributed by atoms with Gasteiger partial charge in [0.05, 0.1) is 7.11 Å². The van der Waals surface area contributed by atoms with Gasteiger partial charge in [0.25, 0.3) is 5.91 Å². The summed E-state index contributed by atoms with van der Waals surface area (Å²) in [6.07, 6.45) is 1.63. The molecule has 8 heteroatoms. The number of aromatic nitrogens is 1. The summed E-state index contributed by atoms with van der Waals surface area (Å²) in [5, 5.41) is 12.4. The van der Waals surface area contributed by atoms with Crippen LogP contribution in [-0.4, -0.2) is 41.7 Å². The molecule has 0 saturated carbocycles. The topological polar surface area (TPSA) is 97.8 Å². The van der Waals surface area contributed by atoms with Crippen LogP contribution in [0.15, 0.2) is 66.9 Å². The molecule has 0 saturated heterocycles. The molecular formula is C24H23FN2O5. The summed E-state index contributed by atoms with van der Waals surface area (Å²) >= 11 is 0. The lowest BCUT2D eigenvalue weighted by molar-refractivity contribution is -0.147. The van der Waals surface area contributed by atoms with Gasteiger partial charge in [-0.15, -0.1) is 0 Å². The van der Waals surface area contributed by atoms with Gasteiger partial charge in [-0.3, -0.25) is 9.59 Å². The van der Waals surface area contributed by atoms with Gasteiger partial charge in [0.2, 0.25) is 0 Å². The highest BCUT2D eigenvalue weighted by Crippen LogP contribution is 2.27. The minimum Gasteiger partial charge on any atom is -0.503 e. The highest BCUT2D eigenvalue weighted by Gasteiger charge is 2.20. The standard InChI is InChI=1S/C24H23FN2O5/c1-31-20-11-12-26-22(23(20)29)24(30)27-15-21(28)32-19(13-16-5-3-2-4-6-16)14-17-7-9-18(25)10-8-17/h2-12,19,29H,13-15H2,1H3,(H,27,30). The van der Waals surface area contributed by atoms with Crippen molar-refractivity contribution < 1.29 is 28.6 Å². The monoisotopic (exact) mass is 438 g/mol. The molecule has 7 nitrogen and oxygen atoms in total. The minimum atomic E-state index is -0.739. The van der Waals surface area contributed by atoms with Gasteiger partial charge in [-0.1, -0.05) is 42.5 Å². The Kier molecular flexibility index (Phi) is 7.75. The number of hydrogen-bond acceptors (Lipinski definition) is 6. The summed E-state index contributed by atoms with van der Waals surface area (Å²) in [7, 11) is 1.35. The molecule has 0 aliphatic carbocycles. The van der Waals surface area contributed by atoms with Gasteiger partial charge in [-0.2, -0.15) is 0 Å². The number of nitrogens with zero attached hydrogens (tertiary/aromatic N) is 1. The fourth-order valence-corrected chi connectivity index (χ4v) is 3.15. The zero-order valence-electron chi connectivity index (χ0n) is 17.5. The summed E-state index contributed by atoms with van der Waals surface area (Å²) < 4.78 is 23.8. The van der Waals surface area contributed by atoms with Crippen LogP contribution in [0.5, 0.6) is 11.5 Å². The molecular weight excluding hydrogens is 415 g/mol. The number of carbonyl (C=O) groups is 2. The third-order valence-electron chi connectivity index (χ3n) is 4.70. The van der Waals surface area contributed by atoms with Crippen LogP contribution < -0.4 is 10.1 Å². The van der Waals surface area contributed by atoms with Gasteiger partial charge in [0.1, 0.15) is 18.5 Å². The lowest BCUT2D eigenvalue weighted by Gasteiger charge is -2.19. The Balaban J connectivity index is 1.63. The van der Waals surface area contributed by atoms with E-state index in [1.165, 1.54) is 31.5 Å². The van der Waals surface area contributed by atoms with Crippen molar-refractivity contribution in [3.63, 3.8) is 0 Å². The molecule has 32 heavy (non-hydrogen) atoms. The van der Waals surface area contributed by atoms with Crippen LogP contribution >= 0.6 is 0 Å². The molecule has 2 aromatic carbocycles. The van der Waals surface area contributed by atoms with Gasteiger partial charge in [0, 0.05) is 25.1 Å². The van der Waals surface area contributed by atoms with Crippen molar-refractivity contribution in [3.05, 3.63) is 89.5 Å². The molecule has 1 amide bonds. The van der Waals surface area contributed by atoms with Gasteiger partial charge < -0.3 is 19.9 Å². The highest BCUT2D eigenvalue weighted by molar-refractivity contribution is 5.97. The van der Waals surface area contributed by atoms with Crippen LogP contribution in [0.25, 0.3) is 0 Å². The maximum Gasteiger partial charge on any atom is 0.325 e. The van der Waals surface area contributed by atoms with Crippen LogP contribution in [0, 0.1) is 5.82 Å². The Morgan fingerprint density at radius 1 is 1.03 bits per heavy atom. The molecule has 0 aliphatic rings. The maximum atomic E-state index is 13.2. The molecule has 0 aliphatic heterocycles. The first-order chi connectivity index (χ1) is 15.5. The number of ether oxygens (including phenoxy) is 2. The van der Waals surface area contributed by atoms with E-state index in [2.05, 4.69) is 10.3 Å². The van der Waals surface area contributed by atoms with Crippen molar-refractivity contribution in [2.45, 2.75) is 18.9 Å². The van der Waals surface area contributed by atoms with Crippen LogP contribution in [0.4, 0.5) is 4.39 Å². The Labute approximate surface area is 184 Å². The van der Waals surface area contributed by atoms with E-state index in [9.17, 15) is 19.1 Å². The molecule has 0 fully saturated rings. The lowest BCUT2D eigenvalue weighted by Crippen LogP contribution is -2.34. The average molecular weight is 438 g/mol. The number of benzene rings is 2. The number of esters is 1. The summed E-state index contributed by atoms with van der Waals surface area (Å²) in [4.78, 5) is 28.6. The van der Waals surface area contributed by atoms with Gasteiger partial charge in [-0.05, 0) is 23.3 Å². The van der Waals surface area contributed by atoms with E-state index >= 15 is 0 Å². The number of rotatable bonds is 9. The zero-order valence-corrected chi connectivity index (χ0v) is 17.5. The molecule has 1 heterocycles. The van der Waals surface area contributed by atoms with E-state index in [0.717, 1.165) is 11.1 Å². The summed E-state index contributed by atoms with van der Waals surface area (Å²) in [5.74, 6) is -2.06. The highest BCUT2D eigenvalue weighted by atomic mass is 19.1. The van der Waals surface area contributed by atoms with Gasteiger partial charge in [-0.25, -0.2) is 9.37 Å².